The van der Waals surface area contributed by atoms with E-state index in [1.807, 2.05) is 0 Å². The zero-order valence-electron chi connectivity index (χ0n) is 8.97. The van der Waals surface area contributed by atoms with Crippen molar-refractivity contribution in [1.29, 1.82) is 0 Å². The van der Waals surface area contributed by atoms with E-state index in [0.29, 0.717) is 0 Å². The van der Waals surface area contributed by atoms with Crippen LogP contribution < -0.4 is 5.32 Å². The third-order valence-corrected chi connectivity index (χ3v) is 2.53. The summed E-state index contributed by atoms with van der Waals surface area (Å²) in [6.45, 7) is 13.0. The van der Waals surface area contributed by atoms with E-state index in [2.05, 4.69) is 30.6 Å². The molecular formula is C11H22N2. The van der Waals surface area contributed by atoms with Gasteiger partial charge in [-0.15, -0.1) is 0 Å². The number of nitrogens with one attached hydrogen (secondary N) is 1. The fourth-order valence-corrected chi connectivity index (χ4v) is 1.98. The molecule has 1 heterocycles. The van der Waals surface area contributed by atoms with Crippen LogP contribution in [-0.4, -0.2) is 37.1 Å². The van der Waals surface area contributed by atoms with Crippen molar-refractivity contribution in [2.45, 2.75) is 32.7 Å². The first-order valence-electron chi connectivity index (χ1n) is 5.33. The molecule has 0 saturated carbocycles. The summed E-state index contributed by atoms with van der Waals surface area (Å²) in [5, 5.41) is 3.41. The standard InChI is InChI=1S/C11H22N2/c1-4-7-13(9-10(2)3)11-5-6-12-8-11/h11-12H,2,4-9H2,1,3H3. The Labute approximate surface area is 82.0 Å². The van der Waals surface area contributed by atoms with Gasteiger partial charge in [0.1, 0.15) is 0 Å². The smallest absolute Gasteiger partial charge is 0.0236 e. The Morgan fingerprint density at radius 3 is 2.85 bits per heavy atom. The van der Waals surface area contributed by atoms with Crippen LogP contribution in [0.3, 0.4) is 0 Å². The largest absolute Gasteiger partial charge is 0.315 e. The maximum absolute atomic E-state index is 3.99. The first-order valence-corrected chi connectivity index (χ1v) is 5.33. The fourth-order valence-electron chi connectivity index (χ4n) is 1.98. The van der Waals surface area contributed by atoms with Crippen LogP contribution in [0.4, 0.5) is 0 Å². The topological polar surface area (TPSA) is 15.3 Å². The van der Waals surface area contributed by atoms with Crippen LogP contribution in [0.5, 0.6) is 0 Å². The van der Waals surface area contributed by atoms with Crippen molar-refractivity contribution < 1.29 is 0 Å². The van der Waals surface area contributed by atoms with Crippen molar-refractivity contribution in [3.8, 4) is 0 Å². The summed E-state index contributed by atoms with van der Waals surface area (Å²) in [6.07, 6.45) is 2.54. The molecule has 0 radical (unpaired) electrons. The van der Waals surface area contributed by atoms with Gasteiger partial charge in [0.2, 0.25) is 0 Å². The summed E-state index contributed by atoms with van der Waals surface area (Å²) < 4.78 is 0. The molecule has 1 atom stereocenters. The lowest BCUT2D eigenvalue weighted by Crippen LogP contribution is -2.38. The molecule has 2 nitrogen and oxygen atoms in total. The van der Waals surface area contributed by atoms with Gasteiger partial charge in [0.25, 0.3) is 0 Å². The molecule has 0 aromatic rings. The van der Waals surface area contributed by atoms with Crippen molar-refractivity contribution in [2.75, 3.05) is 26.2 Å². The number of hydrogen-bond donors (Lipinski definition) is 1. The van der Waals surface area contributed by atoms with E-state index in [0.717, 1.165) is 19.1 Å². The van der Waals surface area contributed by atoms with Gasteiger partial charge in [-0.3, -0.25) is 4.90 Å². The molecule has 1 aliphatic heterocycles. The highest BCUT2D eigenvalue weighted by Crippen LogP contribution is 2.10. The van der Waals surface area contributed by atoms with E-state index >= 15 is 0 Å². The van der Waals surface area contributed by atoms with Crippen molar-refractivity contribution in [3.63, 3.8) is 0 Å². The zero-order chi connectivity index (χ0) is 9.68. The summed E-state index contributed by atoms with van der Waals surface area (Å²) >= 11 is 0. The van der Waals surface area contributed by atoms with Crippen molar-refractivity contribution >= 4 is 0 Å². The normalized spacial score (nSPS) is 22.5. The lowest BCUT2D eigenvalue weighted by Gasteiger charge is -2.27. The lowest BCUT2D eigenvalue weighted by molar-refractivity contribution is 0.226. The average Bonchev–Trinajstić information content (AvgIpc) is 2.54. The zero-order valence-corrected chi connectivity index (χ0v) is 8.97. The van der Waals surface area contributed by atoms with Crippen LogP contribution in [0.15, 0.2) is 12.2 Å². The Bertz CT molecular complexity index is 159. The third-order valence-electron chi connectivity index (χ3n) is 2.53. The molecule has 1 N–H and O–H groups in total. The average molecular weight is 182 g/mol. The minimum Gasteiger partial charge on any atom is -0.315 e. The van der Waals surface area contributed by atoms with Gasteiger partial charge < -0.3 is 5.32 Å². The maximum Gasteiger partial charge on any atom is 0.0236 e. The highest BCUT2D eigenvalue weighted by molar-refractivity contribution is 4.94. The molecular weight excluding hydrogens is 160 g/mol. The van der Waals surface area contributed by atoms with Crippen molar-refractivity contribution in [2.24, 2.45) is 0 Å². The minimum absolute atomic E-state index is 0.747. The van der Waals surface area contributed by atoms with E-state index in [9.17, 15) is 0 Å². The van der Waals surface area contributed by atoms with E-state index in [1.54, 1.807) is 0 Å². The van der Waals surface area contributed by atoms with Crippen molar-refractivity contribution in [3.05, 3.63) is 12.2 Å². The summed E-state index contributed by atoms with van der Waals surface area (Å²) in [5.41, 5.74) is 1.28. The summed E-state index contributed by atoms with van der Waals surface area (Å²) in [4.78, 5) is 2.56. The van der Waals surface area contributed by atoms with Crippen LogP contribution in [0.1, 0.15) is 26.7 Å². The second-order valence-electron chi connectivity index (χ2n) is 4.07. The number of rotatable bonds is 5. The molecule has 76 valence electrons. The summed E-state index contributed by atoms with van der Waals surface area (Å²) in [5.74, 6) is 0. The Hall–Kier alpha value is -0.340. The second-order valence-corrected chi connectivity index (χ2v) is 4.07. The van der Waals surface area contributed by atoms with E-state index in [1.165, 1.54) is 31.5 Å². The predicted molar refractivity (Wildman–Crippen MR) is 58.0 cm³/mol. The van der Waals surface area contributed by atoms with Gasteiger partial charge >= 0.3 is 0 Å². The van der Waals surface area contributed by atoms with Gasteiger partial charge in [0.15, 0.2) is 0 Å². The van der Waals surface area contributed by atoms with Crippen LogP contribution in [0, 0.1) is 0 Å². The van der Waals surface area contributed by atoms with Gasteiger partial charge in [0.05, 0.1) is 0 Å². The Morgan fingerprint density at radius 2 is 2.38 bits per heavy atom. The van der Waals surface area contributed by atoms with Crippen LogP contribution in [0.25, 0.3) is 0 Å². The molecule has 0 aromatic carbocycles. The molecule has 0 bridgehead atoms. The van der Waals surface area contributed by atoms with E-state index < -0.39 is 0 Å². The highest BCUT2D eigenvalue weighted by atomic mass is 15.2. The highest BCUT2D eigenvalue weighted by Gasteiger charge is 2.20. The van der Waals surface area contributed by atoms with Crippen LogP contribution in [0.2, 0.25) is 0 Å². The van der Waals surface area contributed by atoms with Gasteiger partial charge in [0, 0.05) is 19.1 Å². The molecule has 0 aliphatic carbocycles. The Morgan fingerprint density at radius 1 is 1.62 bits per heavy atom. The minimum atomic E-state index is 0.747. The predicted octanol–water partition coefficient (Wildman–Crippen LogP) is 1.64. The fraction of sp³-hybridized carbons (Fsp3) is 0.818. The van der Waals surface area contributed by atoms with E-state index in [4.69, 9.17) is 0 Å². The van der Waals surface area contributed by atoms with E-state index in [-0.39, 0.29) is 0 Å². The second kappa shape index (κ2) is 5.40. The SMILES string of the molecule is C=C(C)CN(CCC)C1CCNC1. The molecule has 1 fully saturated rings. The van der Waals surface area contributed by atoms with Gasteiger partial charge in [-0.05, 0) is 32.9 Å². The summed E-state index contributed by atoms with van der Waals surface area (Å²) in [6, 6.07) is 0.747. The number of hydrogen-bond acceptors (Lipinski definition) is 2. The Kier molecular flexibility index (Phi) is 4.46. The van der Waals surface area contributed by atoms with Gasteiger partial charge in [-0.25, -0.2) is 0 Å². The molecule has 1 saturated heterocycles. The van der Waals surface area contributed by atoms with Gasteiger partial charge in [-0.2, -0.15) is 0 Å². The van der Waals surface area contributed by atoms with Gasteiger partial charge in [-0.1, -0.05) is 19.1 Å². The molecule has 1 unspecified atom stereocenters. The lowest BCUT2D eigenvalue weighted by atomic mass is 10.2. The molecule has 1 aliphatic rings. The quantitative estimate of drug-likeness (QED) is 0.650. The molecule has 13 heavy (non-hydrogen) atoms. The molecule has 1 rings (SSSR count). The molecule has 0 amide bonds. The monoisotopic (exact) mass is 182 g/mol. The first kappa shape index (κ1) is 10.7. The van der Waals surface area contributed by atoms with Crippen LogP contribution >= 0.6 is 0 Å². The summed E-state index contributed by atoms with van der Waals surface area (Å²) in [7, 11) is 0. The first-order chi connectivity index (χ1) is 6.24. The molecule has 0 spiro atoms. The Balaban J connectivity index is 2.39. The van der Waals surface area contributed by atoms with Crippen molar-refractivity contribution in [1.82, 2.24) is 10.2 Å². The maximum atomic E-state index is 3.99. The number of nitrogens with zero attached hydrogens (tertiary/aromatic N) is 1. The van der Waals surface area contributed by atoms with Crippen LogP contribution in [-0.2, 0) is 0 Å². The third kappa shape index (κ3) is 3.49. The molecule has 2 heteroatoms. The molecule has 0 aromatic heterocycles.